The SMILES string of the molecule is COc1cc(CN2CCN(C(=O)[C@@H]3CCCN3)CC2)cc(OC)c1OC. The summed E-state index contributed by atoms with van der Waals surface area (Å²) in [6, 6.07) is 4.00. The van der Waals surface area contributed by atoms with Crippen molar-refractivity contribution in [1.82, 2.24) is 15.1 Å². The molecule has 2 saturated heterocycles. The molecular formula is C19H29N3O4. The van der Waals surface area contributed by atoms with Crippen LogP contribution in [0.3, 0.4) is 0 Å². The molecule has 2 heterocycles. The molecule has 1 N–H and O–H groups in total. The lowest BCUT2D eigenvalue weighted by Gasteiger charge is -2.36. The molecule has 7 heteroatoms. The Bertz CT molecular complexity index is 598. The second-order valence-electron chi connectivity index (χ2n) is 6.78. The van der Waals surface area contributed by atoms with E-state index in [4.69, 9.17) is 14.2 Å². The van der Waals surface area contributed by atoms with Gasteiger partial charge in [0.05, 0.1) is 27.4 Å². The van der Waals surface area contributed by atoms with Crippen LogP contribution in [0.1, 0.15) is 18.4 Å². The summed E-state index contributed by atoms with van der Waals surface area (Å²) in [5.41, 5.74) is 1.11. The predicted octanol–water partition coefficient (Wildman–Crippen LogP) is 1.11. The first-order valence-corrected chi connectivity index (χ1v) is 9.19. The van der Waals surface area contributed by atoms with Gasteiger partial charge in [0, 0.05) is 32.7 Å². The molecular weight excluding hydrogens is 334 g/mol. The summed E-state index contributed by atoms with van der Waals surface area (Å²) < 4.78 is 16.2. The van der Waals surface area contributed by atoms with Gasteiger partial charge in [-0.15, -0.1) is 0 Å². The van der Waals surface area contributed by atoms with E-state index in [0.717, 1.165) is 57.7 Å². The molecule has 0 unspecified atom stereocenters. The van der Waals surface area contributed by atoms with Crippen LogP contribution in [-0.2, 0) is 11.3 Å². The third-order valence-electron chi connectivity index (χ3n) is 5.17. The minimum atomic E-state index is 0.0247. The molecule has 1 atom stereocenters. The molecule has 0 aromatic heterocycles. The second kappa shape index (κ2) is 8.60. The normalized spacial score (nSPS) is 20.9. The fourth-order valence-corrected chi connectivity index (χ4v) is 3.73. The van der Waals surface area contributed by atoms with Crippen LogP contribution >= 0.6 is 0 Å². The molecule has 1 amide bonds. The van der Waals surface area contributed by atoms with Crippen LogP contribution in [-0.4, -0.2) is 75.8 Å². The van der Waals surface area contributed by atoms with Crippen molar-refractivity contribution in [3.05, 3.63) is 17.7 Å². The number of carbonyl (C=O) groups excluding carboxylic acids is 1. The highest BCUT2D eigenvalue weighted by Gasteiger charge is 2.29. The maximum Gasteiger partial charge on any atom is 0.239 e. The fourth-order valence-electron chi connectivity index (χ4n) is 3.73. The molecule has 144 valence electrons. The molecule has 1 aromatic rings. The molecule has 1 aromatic carbocycles. The minimum absolute atomic E-state index is 0.0247. The Morgan fingerprint density at radius 2 is 1.73 bits per heavy atom. The lowest BCUT2D eigenvalue weighted by atomic mass is 10.1. The average Bonchev–Trinajstić information content (AvgIpc) is 3.22. The summed E-state index contributed by atoms with van der Waals surface area (Å²) in [6.45, 7) is 5.05. The van der Waals surface area contributed by atoms with Gasteiger partial charge in [0.1, 0.15) is 0 Å². The molecule has 3 rings (SSSR count). The van der Waals surface area contributed by atoms with Gasteiger partial charge in [-0.05, 0) is 37.1 Å². The Morgan fingerprint density at radius 1 is 1.08 bits per heavy atom. The standard InChI is InChI=1S/C19H29N3O4/c1-24-16-11-14(12-17(25-2)18(16)26-3)13-21-7-9-22(10-8-21)19(23)15-5-4-6-20-15/h11-12,15,20H,4-10,13H2,1-3H3/t15-/m0/s1. The summed E-state index contributed by atoms with van der Waals surface area (Å²) in [4.78, 5) is 16.8. The Kier molecular flexibility index (Phi) is 6.21. The van der Waals surface area contributed by atoms with E-state index in [0.29, 0.717) is 17.2 Å². The third kappa shape index (κ3) is 4.04. The van der Waals surface area contributed by atoms with Crippen LogP contribution in [0, 0.1) is 0 Å². The summed E-state index contributed by atoms with van der Waals surface area (Å²) in [6.07, 6.45) is 2.06. The molecule has 0 bridgehead atoms. The van der Waals surface area contributed by atoms with Crippen molar-refractivity contribution < 1.29 is 19.0 Å². The molecule has 7 nitrogen and oxygen atoms in total. The number of nitrogens with zero attached hydrogens (tertiary/aromatic N) is 2. The number of methoxy groups -OCH3 is 3. The zero-order valence-electron chi connectivity index (χ0n) is 15.9. The fraction of sp³-hybridized carbons (Fsp3) is 0.632. The van der Waals surface area contributed by atoms with Gasteiger partial charge in [0.15, 0.2) is 11.5 Å². The van der Waals surface area contributed by atoms with Gasteiger partial charge in [-0.2, -0.15) is 0 Å². The van der Waals surface area contributed by atoms with E-state index in [1.54, 1.807) is 21.3 Å². The number of nitrogens with one attached hydrogen (secondary N) is 1. The third-order valence-corrected chi connectivity index (χ3v) is 5.17. The summed E-state index contributed by atoms with van der Waals surface area (Å²) >= 11 is 0. The van der Waals surface area contributed by atoms with Crippen LogP contribution < -0.4 is 19.5 Å². The number of benzene rings is 1. The number of carbonyl (C=O) groups is 1. The van der Waals surface area contributed by atoms with Crippen LogP contribution in [0.25, 0.3) is 0 Å². The number of hydrogen-bond donors (Lipinski definition) is 1. The highest BCUT2D eigenvalue weighted by atomic mass is 16.5. The Hall–Kier alpha value is -1.99. The number of piperazine rings is 1. The molecule has 0 aliphatic carbocycles. The number of ether oxygens (including phenoxy) is 3. The van der Waals surface area contributed by atoms with Crippen molar-refractivity contribution in [1.29, 1.82) is 0 Å². The largest absolute Gasteiger partial charge is 0.493 e. The van der Waals surface area contributed by atoms with Gasteiger partial charge >= 0.3 is 0 Å². The monoisotopic (exact) mass is 363 g/mol. The maximum absolute atomic E-state index is 12.5. The maximum atomic E-state index is 12.5. The quantitative estimate of drug-likeness (QED) is 0.817. The topological polar surface area (TPSA) is 63.3 Å². The smallest absolute Gasteiger partial charge is 0.239 e. The molecule has 0 saturated carbocycles. The zero-order valence-corrected chi connectivity index (χ0v) is 15.9. The van der Waals surface area contributed by atoms with E-state index in [1.165, 1.54) is 0 Å². The van der Waals surface area contributed by atoms with Crippen LogP contribution in [0.4, 0.5) is 0 Å². The van der Waals surface area contributed by atoms with Gasteiger partial charge in [-0.1, -0.05) is 0 Å². The first-order chi connectivity index (χ1) is 12.7. The highest BCUT2D eigenvalue weighted by molar-refractivity contribution is 5.82. The second-order valence-corrected chi connectivity index (χ2v) is 6.78. The number of amides is 1. The van der Waals surface area contributed by atoms with Crippen LogP contribution in [0.2, 0.25) is 0 Å². The first-order valence-electron chi connectivity index (χ1n) is 9.19. The van der Waals surface area contributed by atoms with Gasteiger partial charge in [-0.25, -0.2) is 0 Å². The van der Waals surface area contributed by atoms with Crippen molar-refractivity contribution in [2.24, 2.45) is 0 Å². The average molecular weight is 363 g/mol. The van der Waals surface area contributed by atoms with E-state index in [-0.39, 0.29) is 11.9 Å². The lowest BCUT2D eigenvalue weighted by molar-refractivity contribution is -0.134. The van der Waals surface area contributed by atoms with Crippen molar-refractivity contribution >= 4 is 5.91 Å². The van der Waals surface area contributed by atoms with Gasteiger partial charge in [0.25, 0.3) is 0 Å². The lowest BCUT2D eigenvalue weighted by Crippen LogP contribution is -2.52. The number of rotatable bonds is 6. The van der Waals surface area contributed by atoms with Crippen molar-refractivity contribution in [2.75, 3.05) is 54.1 Å². The predicted molar refractivity (Wildman–Crippen MR) is 99.0 cm³/mol. The van der Waals surface area contributed by atoms with E-state index in [1.807, 2.05) is 17.0 Å². The molecule has 2 fully saturated rings. The molecule has 0 spiro atoms. The van der Waals surface area contributed by atoms with E-state index in [9.17, 15) is 4.79 Å². The van der Waals surface area contributed by atoms with E-state index >= 15 is 0 Å². The number of hydrogen-bond acceptors (Lipinski definition) is 6. The molecule has 0 radical (unpaired) electrons. The van der Waals surface area contributed by atoms with Crippen molar-refractivity contribution in [3.63, 3.8) is 0 Å². The summed E-state index contributed by atoms with van der Waals surface area (Å²) in [5, 5.41) is 3.30. The van der Waals surface area contributed by atoms with Gasteiger partial charge < -0.3 is 24.4 Å². The molecule has 2 aliphatic heterocycles. The molecule has 26 heavy (non-hydrogen) atoms. The zero-order chi connectivity index (χ0) is 18.5. The van der Waals surface area contributed by atoms with Crippen LogP contribution in [0.5, 0.6) is 17.2 Å². The Balaban J connectivity index is 1.59. The van der Waals surface area contributed by atoms with Crippen LogP contribution in [0.15, 0.2) is 12.1 Å². The molecule has 2 aliphatic rings. The van der Waals surface area contributed by atoms with Crippen molar-refractivity contribution in [2.45, 2.75) is 25.4 Å². The Morgan fingerprint density at radius 3 is 2.23 bits per heavy atom. The van der Waals surface area contributed by atoms with E-state index in [2.05, 4.69) is 10.2 Å². The van der Waals surface area contributed by atoms with Crippen molar-refractivity contribution in [3.8, 4) is 17.2 Å². The first kappa shape index (κ1) is 18.8. The van der Waals surface area contributed by atoms with Gasteiger partial charge in [0.2, 0.25) is 11.7 Å². The summed E-state index contributed by atoms with van der Waals surface area (Å²) in [5.74, 6) is 2.21. The Labute approximate surface area is 155 Å². The van der Waals surface area contributed by atoms with E-state index < -0.39 is 0 Å². The van der Waals surface area contributed by atoms with Gasteiger partial charge in [-0.3, -0.25) is 9.69 Å². The minimum Gasteiger partial charge on any atom is -0.493 e. The highest BCUT2D eigenvalue weighted by Crippen LogP contribution is 2.38. The summed E-state index contributed by atoms with van der Waals surface area (Å²) in [7, 11) is 4.86.